The number of fused-ring (bicyclic) bond motifs is 3. The predicted octanol–water partition coefficient (Wildman–Crippen LogP) is 3.65. The van der Waals surface area contributed by atoms with Gasteiger partial charge in [0.25, 0.3) is 0 Å². The third-order valence-corrected chi connectivity index (χ3v) is 4.36. The molecule has 0 saturated heterocycles. The Balaban J connectivity index is 1.56. The summed E-state index contributed by atoms with van der Waals surface area (Å²) in [6.45, 7) is 1.84. The summed E-state index contributed by atoms with van der Waals surface area (Å²) in [7, 11) is 0. The molecule has 0 aliphatic heterocycles. The molecular weight excluding hydrogens is 286 g/mol. The first kappa shape index (κ1) is 13.8. The van der Waals surface area contributed by atoms with Crippen molar-refractivity contribution < 1.29 is 4.79 Å². The summed E-state index contributed by atoms with van der Waals surface area (Å²) in [5.41, 5.74) is 6.00. The third-order valence-electron chi connectivity index (χ3n) is 4.36. The van der Waals surface area contributed by atoms with Crippen LogP contribution in [0.25, 0.3) is 11.1 Å². The zero-order valence-corrected chi connectivity index (χ0v) is 12.9. The van der Waals surface area contributed by atoms with E-state index in [1.54, 1.807) is 17.1 Å². The highest BCUT2D eigenvalue weighted by molar-refractivity contribution is 5.94. The number of hydrogen-bond donors (Lipinski definition) is 1. The van der Waals surface area contributed by atoms with Gasteiger partial charge in [0.1, 0.15) is 6.04 Å². The third kappa shape index (κ3) is 2.42. The summed E-state index contributed by atoms with van der Waals surface area (Å²) >= 11 is 0. The van der Waals surface area contributed by atoms with Crippen molar-refractivity contribution in [2.75, 3.05) is 5.32 Å². The fraction of sp³-hybridized carbons (Fsp3) is 0.158. The van der Waals surface area contributed by atoms with Crippen molar-refractivity contribution in [2.24, 2.45) is 0 Å². The SMILES string of the molecule is CC(C(=O)Nc1ccc2c(c1)Cc1ccccc1-2)n1cccn1. The Morgan fingerprint density at radius 2 is 1.96 bits per heavy atom. The highest BCUT2D eigenvalue weighted by Crippen LogP contribution is 2.37. The number of rotatable bonds is 3. The van der Waals surface area contributed by atoms with Gasteiger partial charge < -0.3 is 5.32 Å². The molecule has 1 aliphatic carbocycles. The number of anilines is 1. The van der Waals surface area contributed by atoms with Gasteiger partial charge in [-0.1, -0.05) is 30.3 Å². The summed E-state index contributed by atoms with van der Waals surface area (Å²) in [6.07, 6.45) is 4.39. The maximum atomic E-state index is 12.4. The van der Waals surface area contributed by atoms with Gasteiger partial charge in [-0.05, 0) is 53.8 Å². The Bertz CT molecular complexity index is 868. The van der Waals surface area contributed by atoms with Gasteiger partial charge in [0, 0.05) is 18.1 Å². The highest BCUT2D eigenvalue weighted by atomic mass is 16.2. The lowest BCUT2D eigenvalue weighted by Gasteiger charge is -2.13. The van der Waals surface area contributed by atoms with Crippen LogP contribution in [0.4, 0.5) is 5.69 Å². The Hall–Kier alpha value is -2.88. The molecule has 1 N–H and O–H groups in total. The van der Waals surface area contributed by atoms with Crippen molar-refractivity contribution in [1.82, 2.24) is 9.78 Å². The van der Waals surface area contributed by atoms with Crippen LogP contribution in [0.3, 0.4) is 0 Å². The maximum absolute atomic E-state index is 12.4. The number of nitrogens with zero attached hydrogens (tertiary/aromatic N) is 2. The number of aromatic nitrogens is 2. The maximum Gasteiger partial charge on any atom is 0.248 e. The second-order valence-electron chi connectivity index (χ2n) is 5.86. The molecule has 1 unspecified atom stereocenters. The minimum absolute atomic E-state index is 0.0656. The molecule has 0 spiro atoms. The summed E-state index contributed by atoms with van der Waals surface area (Å²) in [5, 5.41) is 7.11. The van der Waals surface area contributed by atoms with Gasteiger partial charge in [-0.2, -0.15) is 5.10 Å². The van der Waals surface area contributed by atoms with E-state index in [2.05, 4.69) is 46.8 Å². The van der Waals surface area contributed by atoms with Crippen LogP contribution in [0.15, 0.2) is 60.9 Å². The zero-order chi connectivity index (χ0) is 15.8. The van der Waals surface area contributed by atoms with Gasteiger partial charge in [0.05, 0.1) is 0 Å². The van der Waals surface area contributed by atoms with E-state index in [-0.39, 0.29) is 11.9 Å². The summed E-state index contributed by atoms with van der Waals surface area (Å²) in [4.78, 5) is 12.4. The molecule has 1 amide bonds. The molecule has 2 aromatic carbocycles. The standard InChI is InChI=1S/C19H17N3O/c1-13(22-10-4-9-20-22)19(23)21-16-7-8-18-15(12-16)11-14-5-2-3-6-17(14)18/h2-10,12-13H,11H2,1H3,(H,21,23). The molecule has 114 valence electrons. The van der Waals surface area contributed by atoms with Crippen LogP contribution < -0.4 is 5.32 Å². The fourth-order valence-corrected chi connectivity index (χ4v) is 3.10. The number of benzene rings is 2. The van der Waals surface area contributed by atoms with E-state index in [1.807, 2.05) is 19.1 Å². The molecule has 0 bridgehead atoms. The molecular formula is C19H17N3O. The number of nitrogens with one attached hydrogen (secondary N) is 1. The van der Waals surface area contributed by atoms with Gasteiger partial charge in [-0.25, -0.2) is 0 Å². The average Bonchev–Trinajstić information content (AvgIpc) is 3.21. The first-order valence-electron chi connectivity index (χ1n) is 7.73. The van der Waals surface area contributed by atoms with E-state index >= 15 is 0 Å². The van der Waals surface area contributed by atoms with Crippen LogP contribution >= 0.6 is 0 Å². The molecule has 3 aromatic rings. The smallest absolute Gasteiger partial charge is 0.248 e. The zero-order valence-electron chi connectivity index (χ0n) is 12.9. The first-order chi connectivity index (χ1) is 11.2. The van der Waals surface area contributed by atoms with E-state index in [4.69, 9.17) is 0 Å². The number of amides is 1. The van der Waals surface area contributed by atoms with Crippen molar-refractivity contribution >= 4 is 11.6 Å². The van der Waals surface area contributed by atoms with Gasteiger partial charge in [0.2, 0.25) is 5.91 Å². The van der Waals surface area contributed by atoms with Crippen LogP contribution in [0.1, 0.15) is 24.1 Å². The quantitative estimate of drug-likeness (QED) is 0.628. The number of hydrogen-bond acceptors (Lipinski definition) is 2. The Labute approximate surface area is 134 Å². The molecule has 4 heteroatoms. The van der Waals surface area contributed by atoms with Crippen molar-refractivity contribution in [3.8, 4) is 11.1 Å². The molecule has 1 aliphatic rings. The minimum atomic E-state index is -0.338. The second kappa shape index (κ2) is 5.39. The predicted molar refractivity (Wildman–Crippen MR) is 90.3 cm³/mol. The Morgan fingerprint density at radius 3 is 2.78 bits per heavy atom. The van der Waals surface area contributed by atoms with Gasteiger partial charge in [0.15, 0.2) is 0 Å². The van der Waals surface area contributed by atoms with Gasteiger partial charge in [-0.15, -0.1) is 0 Å². The molecule has 4 rings (SSSR count). The highest BCUT2D eigenvalue weighted by Gasteiger charge is 2.19. The molecule has 1 aromatic heterocycles. The lowest BCUT2D eigenvalue weighted by Crippen LogP contribution is -2.24. The molecule has 4 nitrogen and oxygen atoms in total. The lowest BCUT2D eigenvalue weighted by molar-refractivity contribution is -0.119. The average molecular weight is 303 g/mol. The topological polar surface area (TPSA) is 46.9 Å². The molecule has 0 radical (unpaired) electrons. The monoisotopic (exact) mass is 303 g/mol. The number of carbonyl (C=O) groups excluding carboxylic acids is 1. The first-order valence-corrected chi connectivity index (χ1v) is 7.73. The minimum Gasteiger partial charge on any atom is -0.324 e. The van der Waals surface area contributed by atoms with Crippen molar-refractivity contribution in [2.45, 2.75) is 19.4 Å². The van der Waals surface area contributed by atoms with Crippen LogP contribution in [-0.4, -0.2) is 15.7 Å². The summed E-state index contributed by atoms with van der Waals surface area (Å²) in [5.74, 6) is -0.0656. The van der Waals surface area contributed by atoms with E-state index in [0.29, 0.717) is 0 Å². The number of carbonyl (C=O) groups is 1. The Morgan fingerprint density at radius 1 is 1.13 bits per heavy atom. The van der Waals surface area contributed by atoms with Crippen molar-refractivity contribution in [3.05, 3.63) is 72.1 Å². The lowest BCUT2D eigenvalue weighted by atomic mass is 10.1. The Kier molecular flexibility index (Phi) is 3.23. The second-order valence-corrected chi connectivity index (χ2v) is 5.86. The van der Waals surface area contributed by atoms with Crippen LogP contribution in [-0.2, 0) is 11.2 Å². The molecule has 1 heterocycles. The largest absolute Gasteiger partial charge is 0.324 e. The molecule has 23 heavy (non-hydrogen) atoms. The van der Waals surface area contributed by atoms with Gasteiger partial charge >= 0.3 is 0 Å². The van der Waals surface area contributed by atoms with Crippen molar-refractivity contribution in [1.29, 1.82) is 0 Å². The van der Waals surface area contributed by atoms with Crippen LogP contribution in [0, 0.1) is 0 Å². The molecule has 1 atom stereocenters. The normalized spacial score (nSPS) is 13.3. The van der Waals surface area contributed by atoms with Crippen molar-refractivity contribution in [3.63, 3.8) is 0 Å². The fourth-order valence-electron chi connectivity index (χ4n) is 3.10. The van der Waals surface area contributed by atoms with E-state index in [1.165, 1.54) is 22.3 Å². The van der Waals surface area contributed by atoms with E-state index in [0.717, 1.165) is 12.1 Å². The molecule has 0 fully saturated rings. The van der Waals surface area contributed by atoms with Crippen LogP contribution in [0.5, 0.6) is 0 Å². The van der Waals surface area contributed by atoms with Gasteiger partial charge in [-0.3, -0.25) is 9.48 Å². The summed E-state index contributed by atoms with van der Waals surface area (Å²) in [6, 6.07) is 16.1. The summed E-state index contributed by atoms with van der Waals surface area (Å²) < 4.78 is 1.65. The van der Waals surface area contributed by atoms with E-state index in [9.17, 15) is 4.79 Å². The molecule has 0 saturated carbocycles. The van der Waals surface area contributed by atoms with Crippen LogP contribution in [0.2, 0.25) is 0 Å². The van der Waals surface area contributed by atoms with E-state index < -0.39 is 0 Å².